The van der Waals surface area contributed by atoms with Crippen molar-refractivity contribution in [2.75, 3.05) is 19.7 Å². The summed E-state index contributed by atoms with van der Waals surface area (Å²) in [6.07, 6.45) is 1.16. The first-order valence-corrected chi connectivity index (χ1v) is 8.71. The molecular weight excluding hydrogens is 347 g/mol. The van der Waals surface area contributed by atoms with Gasteiger partial charge in [0, 0.05) is 25.5 Å². The van der Waals surface area contributed by atoms with Crippen molar-refractivity contribution in [3.8, 4) is 0 Å². The van der Waals surface area contributed by atoms with E-state index < -0.39 is 5.82 Å². The van der Waals surface area contributed by atoms with Crippen LogP contribution in [0.2, 0.25) is 5.02 Å². The number of carbonyl (C=O) groups excluding carboxylic acids is 2. The SMILES string of the molecule is CCOC(=O)C1CCN(C(=O)c2cc3c(F)c(Cl)ccc3n2C)CC1. The quantitative estimate of drug-likeness (QED) is 0.782. The van der Waals surface area contributed by atoms with Gasteiger partial charge in [0.15, 0.2) is 5.82 Å². The molecule has 0 saturated carbocycles. The molecule has 134 valence electrons. The Balaban J connectivity index is 1.78. The number of piperidine rings is 1. The molecule has 1 aromatic carbocycles. The highest BCUT2D eigenvalue weighted by Crippen LogP contribution is 2.28. The highest BCUT2D eigenvalue weighted by Gasteiger charge is 2.30. The Morgan fingerprint density at radius 3 is 2.64 bits per heavy atom. The first-order chi connectivity index (χ1) is 11.9. The maximum atomic E-state index is 14.2. The Hall–Kier alpha value is -2.08. The van der Waals surface area contributed by atoms with Gasteiger partial charge in [0.25, 0.3) is 5.91 Å². The fourth-order valence-electron chi connectivity index (χ4n) is 3.29. The van der Waals surface area contributed by atoms with Crippen molar-refractivity contribution in [2.24, 2.45) is 13.0 Å². The maximum absolute atomic E-state index is 14.2. The van der Waals surface area contributed by atoms with Crippen molar-refractivity contribution in [3.05, 3.63) is 34.7 Å². The Morgan fingerprint density at radius 2 is 2.00 bits per heavy atom. The molecule has 1 amide bonds. The van der Waals surface area contributed by atoms with Crippen LogP contribution in [-0.2, 0) is 16.6 Å². The van der Waals surface area contributed by atoms with Crippen LogP contribution in [-0.4, -0.2) is 41.0 Å². The molecule has 7 heteroatoms. The van der Waals surface area contributed by atoms with Gasteiger partial charge in [0.2, 0.25) is 0 Å². The molecule has 25 heavy (non-hydrogen) atoms. The standard InChI is InChI=1S/C18H20ClFN2O3/c1-3-25-18(24)11-6-8-22(9-7-11)17(23)15-10-12-14(21(15)2)5-4-13(19)16(12)20/h4-5,10-11H,3,6-9H2,1-2H3. The van der Waals surface area contributed by atoms with E-state index >= 15 is 0 Å². The highest BCUT2D eigenvalue weighted by atomic mass is 35.5. The molecule has 0 bridgehead atoms. The minimum atomic E-state index is -0.519. The van der Waals surface area contributed by atoms with Gasteiger partial charge >= 0.3 is 5.97 Å². The number of fused-ring (bicyclic) bond motifs is 1. The van der Waals surface area contributed by atoms with E-state index in [4.69, 9.17) is 16.3 Å². The topological polar surface area (TPSA) is 51.5 Å². The van der Waals surface area contributed by atoms with Gasteiger partial charge < -0.3 is 14.2 Å². The van der Waals surface area contributed by atoms with Crippen molar-refractivity contribution in [1.29, 1.82) is 0 Å². The molecule has 0 N–H and O–H groups in total. The van der Waals surface area contributed by atoms with Crippen LogP contribution in [0.4, 0.5) is 4.39 Å². The van der Waals surface area contributed by atoms with Crippen LogP contribution in [0.15, 0.2) is 18.2 Å². The highest BCUT2D eigenvalue weighted by molar-refractivity contribution is 6.31. The third-order valence-corrected chi connectivity index (χ3v) is 5.03. The minimum Gasteiger partial charge on any atom is -0.466 e. The van der Waals surface area contributed by atoms with Crippen molar-refractivity contribution in [3.63, 3.8) is 0 Å². The van der Waals surface area contributed by atoms with Gasteiger partial charge in [0.1, 0.15) is 5.69 Å². The number of likely N-dealkylation sites (tertiary alicyclic amines) is 1. The molecule has 0 spiro atoms. The molecule has 1 fully saturated rings. The third-order valence-electron chi connectivity index (χ3n) is 4.73. The van der Waals surface area contributed by atoms with Gasteiger partial charge in [-0.25, -0.2) is 4.39 Å². The zero-order chi connectivity index (χ0) is 18.1. The normalized spacial score (nSPS) is 15.6. The number of hydrogen-bond donors (Lipinski definition) is 0. The van der Waals surface area contributed by atoms with E-state index in [1.54, 1.807) is 29.5 Å². The number of hydrogen-bond acceptors (Lipinski definition) is 3. The lowest BCUT2D eigenvalue weighted by Crippen LogP contribution is -2.41. The maximum Gasteiger partial charge on any atom is 0.309 e. The number of aromatic nitrogens is 1. The molecule has 0 radical (unpaired) electrons. The number of esters is 1. The van der Waals surface area contributed by atoms with Crippen molar-refractivity contribution >= 4 is 34.4 Å². The van der Waals surface area contributed by atoms with E-state index in [9.17, 15) is 14.0 Å². The Labute approximate surface area is 150 Å². The molecule has 5 nitrogen and oxygen atoms in total. The number of ether oxygens (including phenoxy) is 1. The second kappa shape index (κ2) is 7.04. The zero-order valence-corrected chi connectivity index (χ0v) is 15.0. The van der Waals surface area contributed by atoms with E-state index in [2.05, 4.69) is 0 Å². The van der Waals surface area contributed by atoms with Crippen LogP contribution in [0, 0.1) is 11.7 Å². The number of aryl methyl sites for hydroxylation is 1. The van der Waals surface area contributed by atoms with Gasteiger partial charge in [-0.2, -0.15) is 0 Å². The molecule has 1 aromatic heterocycles. The van der Waals surface area contributed by atoms with Crippen LogP contribution in [0.1, 0.15) is 30.3 Å². The van der Waals surface area contributed by atoms with Crippen LogP contribution < -0.4 is 0 Å². The largest absolute Gasteiger partial charge is 0.466 e. The summed E-state index contributed by atoms with van der Waals surface area (Å²) in [7, 11) is 1.73. The van der Waals surface area contributed by atoms with Crippen molar-refractivity contribution in [2.45, 2.75) is 19.8 Å². The second-order valence-corrected chi connectivity index (χ2v) is 6.61. The summed E-state index contributed by atoms with van der Waals surface area (Å²) >= 11 is 5.83. The van der Waals surface area contributed by atoms with Gasteiger partial charge in [-0.05, 0) is 38.0 Å². The summed E-state index contributed by atoms with van der Waals surface area (Å²) in [5, 5.41) is 0.368. The van der Waals surface area contributed by atoms with Crippen molar-refractivity contribution < 1.29 is 18.7 Å². The monoisotopic (exact) mass is 366 g/mol. The molecular formula is C18H20ClFN2O3. The van der Waals surface area contributed by atoms with Gasteiger partial charge in [0.05, 0.1) is 23.1 Å². The van der Waals surface area contributed by atoms with E-state index in [1.165, 1.54) is 12.1 Å². The molecule has 1 saturated heterocycles. The minimum absolute atomic E-state index is 0.0346. The molecule has 2 aromatic rings. The third kappa shape index (κ3) is 3.23. The molecule has 0 atom stereocenters. The molecule has 3 rings (SSSR count). The predicted octanol–water partition coefficient (Wildman–Crippen LogP) is 3.39. The number of amides is 1. The molecule has 2 heterocycles. The second-order valence-electron chi connectivity index (χ2n) is 6.20. The lowest BCUT2D eigenvalue weighted by Gasteiger charge is -2.30. The first-order valence-electron chi connectivity index (χ1n) is 8.33. The Bertz CT molecular complexity index is 825. The van der Waals surface area contributed by atoms with Crippen LogP contribution in [0.3, 0.4) is 0 Å². The fourth-order valence-corrected chi connectivity index (χ4v) is 3.46. The van der Waals surface area contributed by atoms with Crippen LogP contribution in [0.25, 0.3) is 10.9 Å². The predicted molar refractivity (Wildman–Crippen MR) is 93.1 cm³/mol. The summed E-state index contributed by atoms with van der Waals surface area (Å²) < 4.78 is 20.9. The van der Waals surface area contributed by atoms with E-state index in [1.807, 2.05) is 0 Å². The fraction of sp³-hybridized carbons (Fsp3) is 0.444. The van der Waals surface area contributed by atoms with Crippen molar-refractivity contribution in [1.82, 2.24) is 9.47 Å². The number of carbonyl (C=O) groups is 2. The van der Waals surface area contributed by atoms with Crippen LogP contribution >= 0.6 is 11.6 Å². The number of halogens is 2. The average molecular weight is 367 g/mol. The number of nitrogens with zero attached hydrogens (tertiary/aromatic N) is 2. The molecule has 0 aliphatic carbocycles. The molecule has 1 aliphatic rings. The first kappa shape index (κ1) is 17.7. The van der Waals surface area contributed by atoms with Crippen LogP contribution in [0.5, 0.6) is 0 Å². The van der Waals surface area contributed by atoms with E-state index in [0.29, 0.717) is 49.1 Å². The Morgan fingerprint density at radius 1 is 1.32 bits per heavy atom. The summed E-state index contributed by atoms with van der Waals surface area (Å²) in [6.45, 7) is 3.10. The lowest BCUT2D eigenvalue weighted by molar-refractivity contribution is -0.149. The number of benzene rings is 1. The Kier molecular flexibility index (Phi) is 4.99. The van der Waals surface area contributed by atoms with Gasteiger partial charge in [-0.3, -0.25) is 9.59 Å². The average Bonchev–Trinajstić information content (AvgIpc) is 2.95. The zero-order valence-electron chi connectivity index (χ0n) is 14.2. The summed E-state index contributed by atoms with van der Waals surface area (Å²) in [6, 6.07) is 4.72. The number of rotatable bonds is 3. The summed E-state index contributed by atoms with van der Waals surface area (Å²) in [4.78, 5) is 26.3. The van der Waals surface area contributed by atoms with Gasteiger partial charge in [-0.1, -0.05) is 11.6 Å². The van der Waals surface area contributed by atoms with E-state index in [0.717, 1.165) is 0 Å². The lowest BCUT2D eigenvalue weighted by atomic mass is 9.97. The molecule has 0 unspecified atom stereocenters. The van der Waals surface area contributed by atoms with Gasteiger partial charge in [-0.15, -0.1) is 0 Å². The smallest absolute Gasteiger partial charge is 0.309 e. The van der Waals surface area contributed by atoms with E-state index in [-0.39, 0.29) is 22.8 Å². The molecule has 1 aliphatic heterocycles. The summed E-state index contributed by atoms with van der Waals surface area (Å²) in [5.74, 6) is -1.05. The summed E-state index contributed by atoms with van der Waals surface area (Å²) in [5.41, 5.74) is 1.03.